The summed E-state index contributed by atoms with van der Waals surface area (Å²) >= 11 is 0. The van der Waals surface area contributed by atoms with Crippen LogP contribution < -0.4 is 4.13 Å². The molecule has 0 bridgehead atoms. The lowest BCUT2D eigenvalue weighted by Crippen LogP contribution is -2.31. The minimum Gasteiger partial charge on any atom is -0.274 e. The van der Waals surface area contributed by atoms with Crippen LogP contribution in [0.3, 0.4) is 0 Å². The van der Waals surface area contributed by atoms with Gasteiger partial charge in [-0.1, -0.05) is 12.8 Å². The van der Waals surface area contributed by atoms with Gasteiger partial charge in [-0.15, -0.1) is 4.13 Å². The summed E-state index contributed by atoms with van der Waals surface area (Å²) in [6.07, 6.45) is -0.827. The number of nitro benzene ring substituents is 1. The minimum absolute atomic E-state index is 0.0369. The molecule has 1 saturated carbocycles. The SMILES string of the molecule is Cn1cc(S(=O)(=O)NS(=O)(=O)c2ccc(C(F)(F)F)cc2[N+](=O)[O-])c(C2CCCC2)n1. The van der Waals surface area contributed by atoms with Crippen LogP contribution in [-0.4, -0.2) is 31.5 Å². The number of alkyl halides is 3. The van der Waals surface area contributed by atoms with Crippen molar-refractivity contribution >= 4 is 25.7 Å². The Morgan fingerprint density at radius 1 is 1.13 bits per heavy atom. The van der Waals surface area contributed by atoms with Gasteiger partial charge in [-0.3, -0.25) is 14.8 Å². The molecule has 1 fully saturated rings. The maximum atomic E-state index is 12.9. The summed E-state index contributed by atoms with van der Waals surface area (Å²) < 4.78 is 92.1. The van der Waals surface area contributed by atoms with E-state index in [1.165, 1.54) is 15.9 Å². The molecule has 1 aromatic carbocycles. The zero-order valence-electron chi connectivity index (χ0n) is 16.0. The van der Waals surface area contributed by atoms with Gasteiger partial charge in [0.15, 0.2) is 4.90 Å². The van der Waals surface area contributed by atoms with Gasteiger partial charge in [0.05, 0.1) is 16.2 Å². The average Bonchev–Trinajstić information content (AvgIpc) is 3.29. The fraction of sp³-hybridized carbons (Fsp3) is 0.438. The standard InChI is InChI=1S/C16H17F3N4O6S2/c1-22-9-14(15(20-22)10-4-2-3-5-10)31(28,29)21-30(26,27)13-7-6-11(16(17,18)19)8-12(13)23(24)25/h6-10,21H,2-5H2,1H3. The lowest BCUT2D eigenvalue weighted by atomic mass is 10.1. The fourth-order valence-electron chi connectivity index (χ4n) is 3.47. The lowest BCUT2D eigenvalue weighted by molar-refractivity contribution is -0.388. The largest absolute Gasteiger partial charge is 0.416 e. The molecule has 15 heteroatoms. The Hall–Kier alpha value is -2.52. The van der Waals surface area contributed by atoms with Gasteiger partial charge < -0.3 is 0 Å². The van der Waals surface area contributed by atoms with Crippen molar-refractivity contribution in [2.45, 2.75) is 47.6 Å². The molecule has 1 aliphatic carbocycles. The normalized spacial score (nSPS) is 16.0. The van der Waals surface area contributed by atoms with Gasteiger partial charge in [-0.2, -0.15) is 18.3 Å². The zero-order valence-corrected chi connectivity index (χ0v) is 17.6. The zero-order chi connectivity index (χ0) is 23.2. The highest BCUT2D eigenvalue weighted by Gasteiger charge is 2.38. The van der Waals surface area contributed by atoms with Gasteiger partial charge >= 0.3 is 6.18 Å². The molecule has 0 amide bonds. The quantitative estimate of drug-likeness (QED) is 0.493. The van der Waals surface area contributed by atoms with Crippen LogP contribution in [0.25, 0.3) is 0 Å². The van der Waals surface area contributed by atoms with Gasteiger partial charge in [0.2, 0.25) is 0 Å². The van der Waals surface area contributed by atoms with Crippen molar-refractivity contribution in [1.29, 1.82) is 0 Å². The number of benzene rings is 1. The number of hydrogen-bond acceptors (Lipinski definition) is 7. The first kappa shape index (κ1) is 23.1. The van der Waals surface area contributed by atoms with E-state index in [0.717, 1.165) is 19.0 Å². The van der Waals surface area contributed by atoms with Crippen LogP contribution in [-0.2, 0) is 33.3 Å². The van der Waals surface area contributed by atoms with Crippen LogP contribution in [0, 0.1) is 10.1 Å². The molecular formula is C16H17F3N4O6S2. The third-order valence-corrected chi connectivity index (χ3v) is 8.42. The molecule has 1 aromatic heterocycles. The van der Waals surface area contributed by atoms with Gasteiger partial charge in [0.1, 0.15) is 4.90 Å². The molecule has 0 saturated heterocycles. The number of nitrogens with one attached hydrogen (secondary N) is 1. The molecule has 1 N–H and O–H groups in total. The molecule has 0 atom stereocenters. The Morgan fingerprint density at radius 2 is 1.71 bits per heavy atom. The predicted molar refractivity (Wildman–Crippen MR) is 100 cm³/mol. The Labute approximate surface area is 175 Å². The fourth-order valence-corrected chi connectivity index (χ4v) is 6.77. The van der Waals surface area contributed by atoms with Gasteiger partial charge in [-0.25, -0.2) is 16.8 Å². The van der Waals surface area contributed by atoms with Crippen LogP contribution in [0.1, 0.15) is 42.9 Å². The van der Waals surface area contributed by atoms with Crippen molar-refractivity contribution < 1.29 is 34.9 Å². The molecule has 10 nitrogen and oxygen atoms in total. The van der Waals surface area contributed by atoms with Crippen molar-refractivity contribution in [3.05, 3.63) is 45.8 Å². The summed E-state index contributed by atoms with van der Waals surface area (Å²) in [5, 5.41) is 15.3. The van der Waals surface area contributed by atoms with E-state index in [2.05, 4.69) is 5.10 Å². The number of aromatic nitrogens is 2. The van der Waals surface area contributed by atoms with Crippen molar-refractivity contribution in [2.24, 2.45) is 7.05 Å². The summed E-state index contributed by atoms with van der Waals surface area (Å²) in [7, 11) is -8.43. The maximum absolute atomic E-state index is 12.9. The molecule has 1 heterocycles. The van der Waals surface area contributed by atoms with E-state index in [1.807, 2.05) is 0 Å². The second kappa shape index (κ2) is 7.87. The highest BCUT2D eigenvalue weighted by atomic mass is 32.3. The van der Waals surface area contributed by atoms with E-state index in [-0.39, 0.29) is 17.7 Å². The maximum Gasteiger partial charge on any atom is 0.416 e. The molecule has 2 aromatic rings. The molecule has 0 spiro atoms. The van der Waals surface area contributed by atoms with E-state index in [0.29, 0.717) is 25.0 Å². The number of halogens is 3. The summed E-state index contributed by atoms with van der Waals surface area (Å²) in [4.78, 5) is 8.26. The molecule has 31 heavy (non-hydrogen) atoms. The van der Waals surface area contributed by atoms with Crippen molar-refractivity contribution in [2.75, 3.05) is 0 Å². The Balaban J connectivity index is 2.04. The molecule has 3 rings (SSSR count). The van der Waals surface area contributed by atoms with Crippen LogP contribution >= 0.6 is 0 Å². The Kier molecular flexibility index (Phi) is 5.88. The van der Waals surface area contributed by atoms with Crippen LogP contribution in [0.4, 0.5) is 18.9 Å². The van der Waals surface area contributed by atoms with E-state index in [9.17, 15) is 40.1 Å². The first-order valence-electron chi connectivity index (χ1n) is 8.90. The topological polar surface area (TPSA) is 141 Å². The van der Waals surface area contributed by atoms with Gasteiger partial charge in [0, 0.05) is 25.2 Å². The van der Waals surface area contributed by atoms with E-state index in [4.69, 9.17) is 0 Å². The number of rotatable bonds is 6. The number of nitrogens with zero attached hydrogens (tertiary/aromatic N) is 3. The molecule has 0 radical (unpaired) electrons. The van der Waals surface area contributed by atoms with Crippen LogP contribution in [0.5, 0.6) is 0 Å². The van der Waals surface area contributed by atoms with E-state index in [1.54, 1.807) is 0 Å². The Bertz CT molecular complexity index is 1230. The van der Waals surface area contributed by atoms with Crippen LogP contribution in [0.15, 0.2) is 34.2 Å². The second-order valence-electron chi connectivity index (χ2n) is 7.06. The van der Waals surface area contributed by atoms with Gasteiger partial charge in [-0.05, 0) is 25.0 Å². The first-order chi connectivity index (χ1) is 14.2. The predicted octanol–water partition coefficient (Wildman–Crippen LogP) is 2.67. The van der Waals surface area contributed by atoms with Crippen molar-refractivity contribution in [3.63, 3.8) is 0 Å². The monoisotopic (exact) mass is 482 g/mol. The second-order valence-corrected chi connectivity index (χ2v) is 10.6. The summed E-state index contributed by atoms with van der Waals surface area (Å²) in [5.41, 5.74) is -2.68. The van der Waals surface area contributed by atoms with E-state index < -0.39 is 52.2 Å². The van der Waals surface area contributed by atoms with Crippen LogP contribution in [0.2, 0.25) is 0 Å². The molecule has 1 aliphatic rings. The minimum atomic E-state index is -5.12. The van der Waals surface area contributed by atoms with Crippen molar-refractivity contribution in [3.8, 4) is 0 Å². The Morgan fingerprint density at radius 3 is 2.26 bits per heavy atom. The average molecular weight is 482 g/mol. The summed E-state index contributed by atoms with van der Waals surface area (Å²) in [6.45, 7) is 0. The highest BCUT2D eigenvalue weighted by Crippen LogP contribution is 2.37. The molecule has 0 aliphatic heterocycles. The molecule has 0 unspecified atom stereocenters. The summed E-state index contributed by atoms with van der Waals surface area (Å²) in [5.74, 6) is -0.198. The third kappa shape index (κ3) is 4.72. The number of aryl methyl sites for hydroxylation is 1. The van der Waals surface area contributed by atoms with Gasteiger partial charge in [0.25, 0.3) is 25.7 Å². The number of nitro groups is 1. The van der Waals surface area contributed by atoms with E-state index >= 15 is 0 Å². The highest BCUT2D eigenvalue weighted by molar-refractivity contribution is 8.04. The molecular weight excluding hydrogens is 465 g/mol. The molecule has 170 valence electrons. The smallest absolute Gasteiger partial charge is 0.274 e. The van der Waals surface area contributed by atoms with Crippen molar-refractivity contribution in [1.82, 2.24) is 13.9 Å². The first-order valence-corrected chi connectivity index (χ1v) is 11.9. The third-order valence-electron chi connectivity index (χ3n) is 4.85. The number of hydrogen-bond donors (Lipinski definition) is 1. The summed E-state index contributed by atoms with van der Waals surface area (Å²) in [6, 6.07) is 0.706. The number of sulfonamides is 2. The lowest BCUT2D eigenvalue weighted by Gasteiger charge is -2.12.